The number of alkyl halides is 1. The van der Waals surface area contributed by atoms with Gasteiger partial charge in [-0.25, -0.2) is 9.59 Å². The van der Waals surface area contributed by atoms with E-state index in [0.29, 0.717) is 12.8 Å². The SMILES string of the molecule is CC(Cl)CC[C@H]1C(=O)OCN1C(=O)OCc1ccccc1. The van der Waals surface area contributed by atoms with Crippen molar-refractivity contribution in [3.05, 3.63) is 35.9 Å². The average molecular weight is 312 g/mol. The van der Waals surface area contributed by atoms with Gasteiger partial charge < -0.3 is 9.47 Å². The maximum atomic E-state index is 12.1. The fraction of sp³-hybridized carbons (Fsp3) is 0.467. The number of carbonyl (C=O) groups is 2. The van der Waals surface area contributed by atoms with Crippen molar-refractivity contribution in [1.29, 1.82) is 0 Å². The molecule has 5 nitrogen and oxygen atoms in total. The molecule has 0 aromatic heterocycles. The Hall–Kier alpha value is -1.75. The Morgan fingerprint density at radius 2 is 2.19 bits per heavy atom. The number of ether oxygens (including phenoxy) is 2. The summed E-state index contributed by atoms with van der Waals surface area (Å²) < 4.78 is 10.1. The first-order valence-electron chi connectivity index (χ1n) is 6.86. The Labute approximate surface area is 128 Å². The zero-order valence-electron chi connectivity index (χ0n) is 11.8. The van der Waals surface area contributed by atoms with E-state index in [1.54, 1.807) is 0 Å². The quantitative estimate of drug-likeness (QED) is 0.620. The van der Waals surface area contributed by atoms with Gasteiger partial charge in [0.15, 0.2) is 6.73 Å². The van der Waals surface area contributed by atoms with Gasteiger partial charge in [-0.1, -0.05) is 30.3 Å². The first kappa shape index (κ1) is 15.6. The maximum absolute atomic E-state index is 12.1. The second kappa shape index (κ2) is 7.31. The van der Waals surface area contributed by atoms with Crippen molar-refractivity contribution in [2.75, 3.05) is 6.73 Å². The molecule has 0 radical (unpaired) electrons. The minimum atomic E-state index is -0.602. The van der Waals surface area contributed by atoms with E-state index in [0.717, 1.165) is 5.56 Å². The number of hydrogen-bond donors (Lipinski definition) is 0. The number of amides is 1. The van der Waals surface area contributed by atoms with E-state index >= 15 is 0 Å². The lowest BCUT2D eigenvalue weighted by Gasteiger charge is -2.20. The van der Waals surface area contributed by atoms with Crippen molar-refractivity contribution in [2.45, 2.75) is 37.8 Å². The highest BCUT2D eigenvalue weighted by Gasteiger charge is 2.38. The van der Waals surface area contributed by atoms with E-state index in [1.165, 1.54) is 4.90 Å². The maximum Gasteiger partial charge on any atom is 0.413 e. The van der Waals surface area contributed by atoms with Crippen molar-refractivity contribution in [3.63, 3.8) is 0 Å². The lowest BCUT2D eigenvalue weighted by molar-refractivity contribution is -0.139. The Morgan fingerprint density at radius 3 is 2.86 bits per heavy atom. The van der Waals surface area contributed by atoms with Gasteiger partial charge in [0.05, 0.1) is 0 Å². The van der Waals surface area contributed by atoms with E-state index < -0.39 is 18.1 Å². The predicted molar refractivity (Wildman–Crippen MR) is 77.8 cm³/mol. The molecule has 1 unspecified atom stereocenters. The summed E-state index contributed by atoms with van der Waals surface area (Å²) >= 11 is 5.89. The molecule has 1 fully saturated rings. The molecule has 0 aliphatic carbocycles. The van der Waals surface area contributed by atoms with Crippen LogP contribution in [0.15, 0.2) is 30.3 Å². The van der Waals surface area contributed by atoms with Gasteiger partial charge in [-0.15, -0.1) is 11.6 Å². The van der Waals surface area contributed by atoms with E-state index in [-0.39, 0.29) is 18.7 Å². The first-order valence-corrected chi connectivity index (χ1v) is 7.29. The molecule has 114 valence electrons. The Kier molecular flexibility index (Phi) is 5.44. The van der Waals surface area contributed by atoms with Gasteiger partial charge in [-0.05, 0) is 25.3 Å². The zero-order chi connectivity index (χ0) is 15.2. The molecule has 0 spiro atoms. The number of benzene rings is 1. The highest BCUT2D eigenvalue weighted by Crippen LogP contribution is 2.20. The third-order valence-electron chi connectivity index (χ3n) is 3.27. The highest BCUT2D eigenvalue weighted by molar-refractivity contribution is 6.20. The van der Waals surface area contributed by atoms with Gasteiger partial charge in [0, 0.05) is 5.38 Å². The Bertz CT molecular complexity index is 492. The van der Waals surface area contributed by atoms with Crippen molar-refractivity contribution in [1.82, 2.24) is 4.90 Å². The Balaban J connectivity index is 1.89. The van der Waals surface area contributed by atoms with Crippen LogP contribution in [-0.2, 0) is 20.9 Å². The lowest BCUT2D eigenvalue weighted by Crippen LogP contribution is -2.38. The normalized spacial score (nSPS) is 19.2. The van der Waals surface area contributed by atoms with Gasteiger partial charge in [0.1, 0.15) is 12.6 Å². The number of halogens is 1. The topological polar surface area (TPSA) is 55.8 Å². The van der Waals surface area contributed by atoms with Crippen LogP contribution < -0.4 is 0 Å². The molecule has 1 aliphatic heterocycles. The van der Waals surface area contributed by atoms with Gasteiger partial charge >= 0.3 is 12.1 Å². The van der Waals surface area contributed by atoms with E-state index in [9.17, 15) is 9.59 Å². The molecule has 0 saturated carbocycles. The molecule has 1 aromatic rings. The number of rotatable bonds is 5. The van der Waals surface area contributed by atoms with Crippen LogP contribution >= 0.6 is 11.6 Å². The summed E-state index contributed by atoms with van der Waals surface area (Å²) in [4.78, 5) is 25.0. The second-order valence-electron chi connectivity index (χ2n) is 4.98. The number of nitrogens with zero attached hydrogens (tertiary/aromatic N) is 1. The molecule has 1 saturated heterocycles. The minimum Gasteiger partial charge on any atom is -0.444 e. The molecule has 0 N–H and O–H groups in total. The van der Waals surface area contributed by atoms with Gasteiger partial charge in [0.25, 0.3) is 0 Å². The summed E-state index contributed by atoms with van der Waals surface area (Å²) in [6, 6.07) is 8.76. The summed E-state index contributed by atoms with van der Waals surface area (Å²) in [6.07, 6.45) is 0.560. The summed E-state index contributed by atoms with van der Waals surface area (Å²) in [5.41, 5.74) is 0.892. The van der Waals surface area contributed by atoms with Gasteiger partial charge in [-0.3, -0.25) is 4.90 Å². The Morgan fingerprint density at radius 1 is 1.48 bits per heavy atom. The fourth-order valence-electron chi connectivity index (χ4n) is 2.09. The number of hydrogen-bond acceptors (Lipinski definition) is 4. The summed E-state index contributed by atoms with van der Waals surface area (Å²) in [5, 5.41) is -0.0550. The highest BCUT2D eigenvalue weighted by atomic mass is 35.5. The van der Waals surface area contributed by atoms with Crippen molar-refractivity contribution in [2.24, 2.45) is 0 Å². The molecular weight excluding hydrogens is 294 g/mol. The molecule has 1 heterocycles. The third kappa shape index (κ3) is 4.36. The van der Waals surface area contributed by atoms with Gasteiger partial charge in [0.2, 0.25) is 0 Å². The van der Waals surface area contributed by atoms with Crippen molar-refractivity contribution >= 4 is 23.7 Å². The largest absolute Gasteiger partial charge is 0.444 e. The third-order valence-corrected chi connectivity index (χ3v) is 3.49. The summed E-state index contributed by atoms with van der Waals surface area (Å²) in [5.74, 6) is -0.399. The summed E-state index contributed by atoms with van der Waals surface area (Å²) in [7, 11) is 0. The van der Waals surface area contributed by atoms with Crippen LogP contribution in [0.2, 0.25) is 0 Å². The van der Waals surface area contributed by atoms with Crippen LogP contribution in [0.4, 0.5) is 4.79 Å². The molecule has 2 atom stereocenters. The molecule has 6 heteroatoms. The monoisotopic (exact) mass is 311 g/mol. The standard InChI is InChI=1S/C15H18ClNO4/c1-11(16)7-8-13-14(18)21-10-17(13)15(19)20-9-12-5-3-2-4-6-12/h2-6,11,13H,7-10H2,1H3/t11?,13-/m0/s1. The molecule has 1 amide bonds. The molecule has 2 rings (SSSR count). The summed E-state index contributed by atoms with van der Waals surface area (Å²) in [6.45, 7) is 1.96. The van der Waals surface area contributed by atoms with Crippen LogP contribution in [0.1, 0.15) is 25.3 Å². The average Bonchev–Trinajstić information content (AvgIpc) is 2.85. The van der Waals surface area contributed by atoms with E-state index in [1.807, 2.05) is 37.3 Å². The van der Waals surface area contributed by atoms with E-state index in [2.05, 4.69) is 0 Å². The number of esters is 1. The van der Waals surface area contributed by atoms with Crippen LogP contribution in [0, 0.1) is 0 Å². The first-order chi connectivity index (χ1) is 10.1. The fourth-order valence-corrected chi connectivity index (χ4v) is 2.22. The lowest BCUT2D eigenvalue weighted by atomic mass is 10.1. The molecule has 0 bridgehead atoms. The number of cyclic esters (lactones) is 1. The van der Waals surface area contributed by atoms with Crippen LogP contribution in [0.25, 0.3) is 0 Å². The molecule has 1 aliphatic rings. The van der Waals surface area contributed by atoms with Crippen LogP contribution in [-0.4, -0.2) is 35.1 Å². The van der Waals surface area contributed by atoms with Gasteiger partial charge in [-0.2, -0.15) is 0 Å². The van der Waals surface area contributed by atoms with E-state index in [4.69, 9.17) is 21.1 Å². The minimum absolute atomic E-state index is 0.0550. The zero-order valence-corrected chi connectivity index (χ0v) is 12.6. The van der Waals surface area contributed by atoms with Crippen molar-refractivity contribution in [3.8, 4) is 0 Å². The molecule has 21 heavy (non-hydrogen) atoms. The van der Waals surface area contributed by atoms with Crippen LogP contribution in [0.3, 0.4) is 0 Å². The van der Waals surface area contributed by atoms with Crippen molar-refractivity contribution < 1.29 is 19.1 Å². The van der Waals surface area contributed by atoms with Crippen LogP contribution in [0.5, 0.6) is 0 Å². The predicted octanol–water partition coefficient (Wildman–Crippen LogP) is 2.92. The smallest absolute Gasteiger partial charge is 0.413 e. The number of carbonyl (C=O) groups excluding carboxylic acids is 2. The second-order valence-corrected chi connectivity index (χ2v) is 5.72. The molecular formula is C15H18ClNO4. The molecule has 1 aromatic carbocycles.